The van der Waals surface area contributed by atoms with Crippen LogP contribution < -0.4 is 5.32 Å². The van der Waals surface area contributed by atoms with Gasteiger partial charge in [-0.1, -0.05) is 51.1 Å². The molecule has 0 aliphatic rings. The first-order valence-electron chi connectivity index (χ1n) is 6.40. The first-order valence-corrected chi connectivity index (χ1v) is 6.78. The number of aromatic nitrogens is 2. The first kappa shape index (κ1) is 14.2. The molecule has 0 amide bonds. The SMILES string of the molecule is CC(C)CCCCCCNc1nccnc1Cl. The third-order valence-electron chi connectivity index (χ3n) is 2.65. The average Bonchev–Trinajstić information content (AvgIpc) is 2.30. The maximum Gasteiger partial charge on any atom is 0.171 e. The van der Waals surface area contributed by atoms with Crippen molar-refractivity contribution < 1.29 is 0 Å². The van der Waals surface area contributed by atoms with Crippen LogP contribution in [0.3, 0.4) is 0 Å². The Morgan fingerprint density at radius 2 is 1.82 bits per heavy atom. The van der Waals surface area contributed by atoms with E-state index in [2.05, 4.69) is 29.1 Å². The van der Waals surface area contributed by atoms with Crippen LogP contribution in [0.1, 0.15) is 46.0 Å². The lowest BCUT2D eigenvalue weighted by Crippen LogP contribution is -2.04. The van der Waals surface area contributed by atoms with E-state index in [1.165, 1.54) is 25.7 Å². The fraction of sp³-hybridized carbons (Fsp3) is 0.692. The summed E-state index contributed by atoms with van der Waals surface area (Å²) in [5.41, 5.74) is 0. The molecule has 4 heteroatoms. The summed E-state index contributed by atoms with van der Waals surface area (Å²) in [4.78, 5) is 8.10. The van der Waals surface area contributed by atoms with Gasteiger partial charge in [0.2, 0.25) is 0 Å². The number of rotatable bonds is 8. The molecule has 0 atom stereocenters. The van der Waals surface area contributed by atoms with Gasteiger partial charge in [-0.25, -0.2) is 9.97 Å². The van der Waals surface area contributed by atoms with Crippen LogP contribution in [0.15, 0.2) is 12.4 Å². The van der Waals surface area contributed by atoms with Crippen LogP contribution in [-0.4, -0.2) is 16.5 Å². The van der Waals surface area contributed by atoms with Crippen LogP contribution in [0.25, 0.3) is 0 Å². The van der Waals surface area contributed by atoms with Crippen molar-refractivity contribution in [3.63, 3.8) is 0 Å². The van der Waals surface area contributed by atoms with Crippen molar-refractivity contribution in [3.05, 3.63) is 17.5 Å². The zero-order chi connectivity index (χ0) is 12.5. The van der Waals surface area contributed by atoms with Gasteiger partial charge in [-0.2, -0.15) is 0 Å². The van der Waals surface area contributed by atoms with Crippen molar-refractivity contribution in [2.75, 3.05) is 11.9 Å². The molecule has 17 heavy (non-hydrogen) atoms. The second-order valence-corrected chi connectivity index (χ2v) is 5.08. The Morgan fingerprint density at radius 3 is 2.53 bits per heavy atom. The zero-order valence-corrected chi connectivity index (χ0v) is 11.5. The Morgan fingerprint density at radius 1 is 1.12 bits per heavy atom. The lowest BCUT2D eigenvalue weighted by Gasteiger charge is -2.06. The minimum absolute atomic E-state index is 0.451. The van der Waals surface area contributed by atoms with Gasteiger partial charge in [0.25, 0.3) is 0 Å². The van der Waals surface area contributed by atoms with E-state index in [0.29, 0.717) is 11.0 Å². The Kier molecular flexibility index (Phi) is 6.94. The van der Waals surface area contributed by atoms with E-state index < -0.39 is 0 Å². The number of unbranched alkanes of at least 4 members (excludes halogenated alkanes) is 3. The lowest BCUT2D eigenvalue weighted by molar-refractivity contribution is 0.523. The number of hydrogen-bond donors (Lipinski definition) is 1. The molecule has 0 fully saturated rings. The van der Waals surface area contributed by atoms with Crippen LogP contribution in [0.4, 0.5) is 5.82 Å². The highest BCUT2D eigenvalue weighted by molar-refractivity contribution is 6.31. The van der Waals surface area contributed by atoms with Crippen LogP contribution >= 0.6 is 11.6 Å². The van der Waals surface area contributed by atoms with E-state index in [9.17, 15) is 0 Å². The van der Waals surface area contributed by atoms with Gasteiger partial charge in [-0.15, -0.1) is 0 Å². The molecular weight excluding hydrogens is 234 g/mol. The number of hydrogen-bond acceptors (Lipinski definition) is 3. The van der Waals surface area contributed by atoms with Gasteiger partial charge in [0.05, 0.1) is 0 Å². The fourth-order valence-electron chi connectivity index (χ4n) is 1.68. The molecule has 1 heterocycles. The molecule has 1 N–H and O–H groups in total. The predicted molar refractivity (Wildman–Crippen MR) is 73.5 cm³/mol. The summed E-state index contributed by atoms with van der Waals surface area (Å²) in [6.07, 6.45) is 9.65. The molecule has 1 rings (SSSR count). The normalized spacial score (nSPS) is 10.8. The molecule has 0 radical (unpaired) electrons. The second kappa shape index (κ2) is 8.29. The highest BCUT2D eigenvalue weighted by atomic mass is 35.5. The van der Waals surface area contributed by atoms with Crippen molar-refractivity contribution in [1.82, 2.24) is 9.97 Å². The minimum atomic E-state index is 0.451. The molecule has 0 unspecified atom stereocenters. The van der Waals surface area contributed by atoms with E-state index in [1.807, 2.05) is 0 Å². The number of halogens is 1. The third kappa shape index (κ3) is 6.47. The molecule has 1 aromatic rings. The van der Waals surface area contributed by atoms with Crippen molar-refractivity contribution in [2.45, 2.75) is 46.0 Å². The Balaban J connectivity index is 2.03. The monoisotopic (exact) mass is 255 g/mol. The van der Waals surface area contributed by atoms with Gasteiger partial charge in [0.1, 0.15) is 0 Å². The molecule has 0 bridgehead atoms. The van der Waals surface area contributed by atoms with Crippen LogP contribution in [0, 0.1) is 5.92 Å². The molecule has 96 valence electrons. The molecule has 1 aromatic heterocycles. The standard InChI is InChI=1S/C13H22ClN3/c1-11(2)7-5-3-4-6-8-16-13-12(14)15-9-10-17-13/h9-11H,3-8H2,1-2H3,(H,16,17). The lowest BCUT2D eigenvalue weighted by atomic mass is 10.0. The van der Waals surface area contributed by atoms with Gasteiger partial charge in [-0.3, -0.25) is 0 Å². The predicted octanol–water partition coefficient (Wildman–Crippen LogP) is 4.15. The molecule has 0 saturated carbocycles. The van der Waals surface area contributed by atoms with E-state index in [1.54, 1.807) is 12.4 Å². The van der Waals surface area contributed by atoms with Crippen molar-refractivity contribution in [1.29, 1.82) is 0 Å². The molecule has 0 saturated heterocycles. The average molecular weight is 256 g/mol. The molecule has 0 aromatic carbocycles. The molecule has 0 aliphatic heterocycles. The third-order valence-corrected chi connectivity index (χ3v) is 2.93. The largest absolute Gasteiger partial charge is 0.368 e. The van der Waals surface area contributed by atoms with E-state index in [-0.39, 0.29) is 0 Å². The Hall–Kier alpha value is -0.830. The summed E-state index contributed by atoms with van der Waals surface area (Å²) in [7, 11) is 0. The van der Waals surface area contributed by atoms with Gasteiger partial charge in [0, 0.05) is 18.9 Å². The highest BCUT2D eigenvalue weighted by Gasteiger charge is 2.00. The van der Waals surface area contributed by atoms with Crippen molar-refractivity contribution >= 4 is 17.4 Å². The Labute approximate surface area is 109 Å². The highest BCUT2D eigenvalue weighted by Crippen LogP contribution is 2.14. The first-order chi connectivity index (χ1) is 8.20. The molecule has 0 spiro atoms. The number of anilines is 1. The summed E-state index contributed by atoms with van der Waals surface area (Å²) in [5.74, 6) is 1.52. The summed E-state index contributed by atoms with van der Waals surface area (Å²) in [6, 6.07) is 0. The smallest absolute Gasteiger partial charge is 0.171 e. The second-order valence-electron chi connectivity index (χ2n) is 4.72. The van der Waals surface area contributed by atoms with Crippen molar-refractivity contribution in [3.8, 4) is 0 Å². The summed E-state index contributed by atoms with van der Waals surface area (Å²) in [6.45, 7) is 5.47. The van der Waals surface area contributed by atoms with Crippen molar-refractivity contribution in [2.24, 2.45) is 5.92 Å². The summed E-state index contributed by atoms with van der Waals surface area (Å²) < 4.78 is 0. The summed E-state index contributed by atoms with van der Waals surface area (Å²) in [5, 5.41) is 3.66. The minimum Gasteiger partial charge on any atom is -0.368 e. The fourth-order valence-corrected chi connectivity index (χ4v) is 1.85. The maximum absolute atomic E-state index is 5.89. The van der Waals surface area contributed by atoms with E-state index in [4.69, 9.17) is 11.6 Å². The van der Waals surface area contributed by atoms with Crippen LogP contribution in [0.5, 0.6) is 0 Å². The quantitative estimate of drug-likeness (QED) is 0.709. The number of nitrogens with one attached hydrogen (secondary N) is 1. The van der Waals surface area contributed by atoms with Gasteiger partial charge < -0.3 is 5.32 Å². The summed E-state index contributed by atoms with van der Waals surface area (Å²) >= 11 is 5.89. The van der Waals surface area contributed by atoms with Gasteiger partial charge in [-0.05, 0) is 12.3 Å². The van der Waals surface area contributed by atoms with E-state index >= 15 is 0 Å². The van der Waals surface area contributed by atoms with E-state index in [0.717, 1.165) is 18.9 Å². The van der Waals surface area contributed by atoms with Crippen LogP contribution in [-0.2, 0) is 0 Å². The molecule has 0 aliphatic carbocycles. The van der Waals surface area contributed by atoms with Gasteiger partial charge >= 0.3 is 0 Å². The van der Waals surface area contributed by atoms with Gasteiger partial charge in [0.15, 0.2) is 11.0 Å². The topological polar surface area (TPSA) is 37.8 Å². The molecular formula is C13H22ClN3. The zero-order valence-electron chi connectivity index (χ0n) is 10.7. The maximum atomic E-state index is 5.89. The molecule has 3 nitrogen and oxygen atoms in total. The number of nitrogens with zero attached hydrogens (tertiary/aromatic N) is 2. The Bertz CT molecular complexity index is 315. The van der Waals surface area contributed by atoms with Crippen LogP contribution in [0.2, 0.25) is 5.15 Å².